The summed E-state index contributed by atoms with van der Waals surface area (Å²) >= 11 is 0. The van der Waals surface area contributed by atoms with Crippen molar-refractivity contribution in [3.8, 4) is 11.5 Å². The van der Waals surface area contributed by atoms with Gasteiger partial charge in [-0.25, -0.2) is 8.42 Å². The number of benzene rings is 2. The van der Waals surface area contributed by atoms with Crippen molar-refractivity contribution in [3.63, 3.8) is 0 Å². The minimum Gasteiger partial charge on any atom is -0.497 e. The first-order valence-corrected chi connectivity index (χ1v) is 9.04. The van der Waals surface area contributed by atoms with Crippen molar-refractivity contribution in [2.45, 2.75) is 11.3 Å². The van der Waals surface area contributed by atoms with E-state index in [9.17, 15) is 13.2 Å². The van der Waals surface area contributed by atoms with Crippen LogP contribution in [0, 0.1) is 0 Å². The minimum atomic E-state index is -3.40. The van der Waals surface area contributed by atoms with Crippen LogP contribution in [-0.2, 0) is 21.1 Å². The first-order valence-electron chi connectivity index (χ1n) is 7.15. The molecule has 0 aromatic heterocycles. The van der Waals surface area contributed by atoms with Gasteiger partial charge in [0.2, 0.25) is 5.91 Å². The lowest BCUT2D eigenvalue weighted by molar-refractivity contribution is -0.115. The lowest BCUT2D eigenvalue weighted by atomic mass is 10.1. The van der Waals surface area contributed by atoms with Crippen molar-refractivity contribution in [1.82, 2.24) is 0 Å². The monoisotopic (exact) mass is 349 g/mol. The van der Waals surface area contributed by atoms with Crippen LogP contribution in [0.3, 0.4) is 0 Å². The zero-order valence-corrected chi connectivity index (χ0v) is 14.5. The number of hydrogen-bond acceptors (Lipinski definition) is 5. The molecule has 0 saturated carbocycles. The number of carbonyl (C=O) groups excluding carboxylic acids is 1. The number of methoxy groups -OCH3 is 2. The first kappa shape index (κ1) is 17.8. The third-order valence-corrected chi connectivity index (χ3v) is 4.60. The molecule has 2 rings (SSSR count). The molecule has 0 unspecified atom stereocenters. The molecule has 0 heterocycles. The molecule has 2 aromatic carbocycles. The van der Waals surface area contributed by atoms with Gasteiger partial charge < -0.3 is 14.8 Å². The van der Waals surface area contributed by atoms with E-state index in [1.54, 1.807) is 36.4 Å². The summed E-state index contributed by atoms with van der Waals surface area (Å²) < 4.78 is 33.9. The zero-order chi connectivity index (χ0) is 17.7. The number of nitrogens with one attached hydrogen (secondary N) is 1. The van der Waals surface area contributed by atoms with Crippen LogP contribution in [0.4, 0.5) is 5.69 Å². The lowest BCUT2D eigenvalue weighted by Crippen LogP contribution is -2.16. The molecule has 0 aliphatic rings. The highest BCUT2D eigenvalue weighted by Gasteiger charge is 2.16. The highest BCUT2D eigenvalue weighted by molar-refractivity contribution is 7.90. The maximum atomic E-state index is 12.3. The van der Waals surface area contributed by atoms with E-state index >= 15 is 0 Å². The lowest BCUT2D eigenvalue weighted by Gasteiger charge is -2.12. The average Bonchev–Trinajstić information content (AvgIpc) is 2.54. The summed E-state index contributed by atoms with van der Waals surface area (Å²) in [5, 5.41) is 2.73. The molecule has 0 radical (unpaired) electrons. The topological polar surface area (TPSA) is 81.7 Å². The van der Waals surface area contributed by atoms with Crippen LogP contribution in [0.5, 0.6) is 11.5 Å². The Morgan fingerprint density at radius 3 is 2.42 bits per heavy atom. The normalized spacial score (nSPS) is 11.0. The number of sulfone groups is 1. The van der Waals surface area contributed by atoms with E-state index in [-0.39, 0.29) is 17.2 Å². The van der Waals surface area contributed by atoms with E-state index in [1.165, 1.54) is 20.3 Å². The summed E-state index contributed by atoms with van der Waals surface area (Å²) in [4.78, 5) is 12.4. The molecule has 24 heavy (non-hydrogen) atoms. The molecule has 2 aromatic rings. The number of rotatable bonds is 6. The van der Waals surface area contributed by atoms with Gasteiger partial charge in [-0.2, -0.15) is 0 Å². The highest BCUT2D eigenvalue weighted by Crippen LogP contribution is 2.29. The number of anilines is 1. The van der Waals surface area contributed by atoms with Gasteiger partial charge in [-0.15, -0.1) is 0 Å². The van der Waals surface area contributed by atoms with Crippen molar-refractivity contribution in [3.05, 3.63) is 48.0 Å². The van der Waals surface area contributed by atoms with Crippen LogP contribution in [-0.4, -0.2) is 34.8 Å². The Morgan fingerprint density at radius 2 is 1.79 bits per heavy atom. The Morgan fingerprint density at radius 1 is 1.08 bits per heavy atom. The van der Waals surface area contributed by atoms with Crippen LogP contribution < -0.4 is 14.8 Å². The SMILES string of the molecule is COc1ccc(NC(=O)Cc2ccccc2S(C)(=O)=O)c(OC)c1. The standard InChI is InChI=1S/C17H19NO5S/c1-22-13-8-9-14(15(11-13)23-2)18-17(19)10-12-6-4-5-7-16(12)24(3,20)21/h4-9,11H,10H2,1-3H3,(H,18,19). The predicted molar refractivity (Wildman–Crippen MR) is 91.4 cm³/mol. The third kappa shape index (κ3) is 4.26. The molecule has 1 N–H and O–H groups in total. The molecule has 0 saturated heterocycles. The van der Waals surface area contributed by atoms with E-state index in [1.807, 2.05) is 0 Å². The number of ether oxygens (including phenoxy) is 2. The molecule has 0 bridgehead atoms. The average molecular weight is 349 g/mol. The fourth-order valence-electron chi connectivity index (χ4n) is 2.28. The van der Waals surface area contributed by atoms with Gasteiger partial charge in [0, 0.05) is 12.3 Å². The van der Waals surface area contributed by atoms with E-state index in [2.05, 4.69) is 5.32 Å². The van der Waals surface area contributed by atoms with Gasteiger partial charge in [0.1, 0.15) is 11.5 Å². The van der Waals surface area contributed by atoms with Gasteiger partial charge in [-0.05, 0) is 23.8 Å². The van der Waals surface area contributed by atoms with Gasteiger partial charge in [0.25, 0.3) is 0 Å². The Kier molecular flexibility index (Phi) is 5.46. The Balaban J connectivity index is 2.21. The molecule has 1 amide bonds. The highest BCUT2D eigenvalue weighted by atomic mass is 32.2. The first-order chi connectivity index (χ1) is 11.3. The summed E-state index contributed by atoms with van der Waals surface area (Å²) in [6, 6.07) is 11.5. The Hall–Kier alpha value is -2.54. The molecule has 6 nitrogen and oxygen atoms in total. The van der Waals surface area contributed by atoms with Crippen LogP contribution in [0.25, 0.3) is 0 Å². The van der Waals surface area contributed by atoms with Crippen LogP contribution in [0.1, 0.15) is 5.56 Å². The fourth-order valence-corrected chi connectivity index (χ4v) is 3.22. The molecule has 7 heteroatoms. The van der Waals surface area contributed by atoms with Crippen molar-refractivity contribution in [2.75, 3.05) is 25.8 Å². The summed E-state index contributed by atoms with van der Waals surface area (Å²) in [5.41, 5.74) is 0.935. The van der Waals surface area contributed by atoms with Gasteiger partial charge in [0.05, 0.1) is 31.2 Å². The second-order valence-corrected chi connectivity index (χ2v) is 7.16. The van der Waals surface area contributed by atoms with E-state index < -0.39 is 9.84 Å². The van der Waals surface area contributed by atoms with Gasteiger partial charge >= 0.3 is 0 Å². The molecular weight excluding hydrogens is 330 g/mol. The summed E-state index contributed by atoms with van der Waals surface area (Å²) in [6.07, 6.45) is 1.06. The zero-order valence-electron chi connectivity index (χ0n) is 13.7. The molecule has 0 spiro atoms. The molecule has 0 fully saturated rings. The van der Waals surface area contributed by atoms with E-state index in [0.717, 1.165) is 6.26 Å². The third-order valence-electron chi connectivity index (χ3n) is 3.41. The van der Waals surface area contributed by atoms with Gasteiger partial charge in [-0.3, -0.25) is 4.79 Å². The second-order valence-electron chi connectivity index (χ2n) is 5.17. The van der Waals surface area contributed by atoms with Crippen molar-refractivity contribution >= 4 is 21.4 Å². The molecule has 128 valence electrons. The van der Waals surface area contributed by atoms with E-state index in [4.69, 9.17) is 9.47 Å². The maximum absolute atomic E-state index is 12.3. The molecular formula is C17H19NO5S. The number of hydrogen-bond donors (Lipinski definition) is 1. The summed E-state index contributed by atoms with van der Waals surface area (Å²) in [7, 11) is -0.369. The fraction of sp³-hybridized carbons (Fsp3) is 0.235. The smallest absolute Gasteiger partial charge is 0.228 e. The quantitative estimate of drug-likeness (QED) is 0.865. The molecule has 0 aliphatic heterocycles. The Bertz CT molecular complexity index is 846. The van der Waals surface area contributed by atoms with Crippen molar-refractivity contribution < 1.29 is 22.7 Å². The van der Waals surface area contributed by atoms with Crippen LogP contribution in [0.2, 0.25) is 0 Å². The van der Waals surface area contributed by atoms with Crippen LogP contribution in [0.15, 0.2) is 47.4 Å². The van der Waals surface area contributed by atoms with Crippen LogP contribution >= 0.6 is 0 Å². The van der Waals surface area contributed by atoms with Gasteiger partial charge in [0.15, 0.2) is 9.84 Å². The predicted octanol–water partition coefficient (Wildman–Crippen LogP) is 2.29. The largest absolute Gasteiger partial charge is 0.497 e. The second kappa shape index (κ2) is 7.35. The van der Waals surface area contributed by atoms with Gasteiger partial charge in [-0.1, -0.05) is 18.2 Å². The molecule has 0 atom stereocenters. The number of amides is 1. The molecule has 0 aliphatic carbocycles. The minimum absolute atomic E-state index is 0.0571. The van der Waals surface area contributed by atoms with Crippen molar-refractivity contribution in [1.29, 1.82) is 0 Å². The maximum Gasteiger partial charge on any atom is 0.228 e. The Labute approximate surface area is 141 Å². The number of carbonyl (C=O) groups is 1. The van der Waals surface area contributed by atoms with Crippen molar-refractivity contribution in [2.24, 2.45) is 0 Å². The summed E-state index contributed by atoms with van der Waals surface area (Å²) in [6.45, 7) is 0. The van der Waals surface area contributed by atoms with E-state index in [0.29, 0.717) is 22.7 Å². The summed E-state index contributed by atoms with van der Waals surface area (Å²) in [5.74, 6) is 0.723.